The number of aryl methyl sites for hydroxylation is 1. The second-order valence-corrected chi connectivity index (χ2v) is 7.07. The summed E-state index contributed by atoms with van der Waals surface area (Å²) in [4.78, 5) is 26.5. The molecule has 0 fully saturated rings. The third-order valence-corrected chi connectivity index (χ3v) is 4.64. The van der Waals surface area contributed by atoms with E-state index in [-0.39, 0.29) is 30.6 Å². The van der Waals surface area contributed by atoms with Crippen LogP contribution in [0.15, 0.2) is 48.5 Å². The Kier molecular flexibility index (Phi) is 8.20. The molecule has 0 saturated heterocycles. The number of ether oxygens (including phenoxy) is 1. The van der Waals surface area contributed by atoms with Gasteiger partial charge in [0.05, 0.1) is 12.6 Å². The van der Waals surface area contributed by atoms with Crippen LogP contribution >= 0.6 is 0 Å². The van der Waals surface area contributed by atoms with Gasteiger partial charge in [0.15, 0.2) is 5.78 Å². The predicted octanol–water partition coefficient (Wildman–Crippen LogP) is 3.78. The Labute approximate surface area is 167 Å². The van der Waals surface area contributed by atoms with Crippen LogP contribution in [0.5, 0.6) is 5.75 Å². The van der Waals surface area contributed by atoms with Gasteiger partial charge in [0, 0.05) is 24.9 Å². The molecular weight excluding hydrogens is 352 g/mol. The second kappa shape index (κ2) is 10.6. The monoisotopic (exact) mass is 382 g/mol. The number of carbonyl (C=O) groups excluding carboxylic acids is 2. The molecule has 1 unspecified atom stereocenters. The van der Waals surface area contributed by atoms with Crippen molar-refractivity contribution in [3.8, 4) is 5.75 Å². The highest BCUT2D eigenvalue weighted by molar-refractivity contribution is 5.97. The van der Waals surface area contributed by atoms with Crippen molar-refractivity contribution in [1.29, 1.82) is 0 Å². The Balaban J connectivity index is 1.86. The van der Waals surface area contributed by atoms with Crippen LogP contribution in [0, 0.1) is 6.92 Å². The minimum atomic E-state index is -0.113. The van der Waals surface area contributed by atoms with Gasteiger partial charge in [0.2, 0.25) is 5.91 Å². The number of carbonyl (C=O) groups is 2. The molecule has 0 spiro atoms. The maximum atomic E-state index is 12.2. The number of rotatable bonds is 10. The van der Waals surface area contributed by atoms with E-state index in [1.807, 2.05) is 76.5 Å². The Morgan fingerprint density at radius 2 is 1.64 bits per heavy atom. The minimum Gasteiger partial charge on any atom is -0.494 e. The highest BCUT2D eigenvalue weighted by Crippen LogP contribution is 2.21. The normalized spacial score (nSPS) is 11.9. The molecule has 0 aliphatic carbocycles. The summed E-state index contributed by atoms with van der Waals surface area (Å²) in [6.07, 6.45) is 0.403. The van der Waals surface area contributed by atoms with Crippen molar-refractivity contribution < 1.29 is 14.3 Å². The van der Waals surface area contributed by atoms with Crippen LogP contribution in [0.1, 0.15) is 47.3 Å². The third-order valence-electron chi connectivity index (χ3n) is 4.64. The van der Waals surface area contributed by atoms with Gasteiger partial charge in [-0.25, -0.2) is 0 Å². The predicted molar refractivity (Wildman–Crippen MR) is 112 cm³/mol. The molecule has 0 aliphatic rings. The summed E-state index contributed by atoms with van der Waals surface area (Å²) in [5.74, 6) is 0.714. The third kappa shape index (κ3) is 6.50. The largest absolute Gasteiger partial charge is 0.494 e. The number of benzene rings is 2. The smallest absolute Gasteiger partial charge is 0.220 e. The Hall–Kier alpha value is -2.66. The standard InChI is InChI=1S/C23H30N2O3/c1-5-28-20-12-10-18(11-13-20)21(25(3)4)16-24-23(27)15-14-22(26)19-8-6-17(2)7-9-19/h6-13,21H,5,14-16H2,1-4H3,(H,24,27). The topological polar surface area (TPSA) is 58.6 Å². The quantitative estimate of drug-likeness (QED) is 0.636. The zero-order valence-electron chi connectivity index (χ0n) is 17.2. The molecule has 5 heteroatoms. The van der Waals surface area contributed by atoms with Crippen molar-refractivity contribution >= 4 is 11.7 Å². The van der Waals surface area contributed by atoms with Crippen LogP contribution in [0.4, 0.5) is 0 Å². The number of likely N-dealkylation sites (N-methyl/N-ethyl adjacent to an activating group) is 1. The fourth-order valence-corrected chi connectivity index (χ4v) is 2.96. The maximum Gasteiger partial charge on any atom is 0.220 e. The number of amides is 1. The van der Waals surface area contributed by atoms with Crippen molar-refractivity contribution in [1.82, 2.24) is 10.2 Å². The van der Waals surface area contributed by atoms with Gasteiger partial charge >= 0.3 is 0 Å². The Morgan fingerprint density at radius 3 is 2.21 bits per heavy atom. The van der Waals surface area contributed by atoms with Crippen molar-refractivity contribution in [2.24, 2.45) is 0 Å². The van der Waals surface area contributed by atoms with Gasteiger partial charge < -0.3 is 15.0 Å². The number of Topliss-reactive ketones (excluding diaryl/α,β-unsaturated/α-hetero) is 1. The first-order valence-electron chi connectivity index (χ1n) is 9.66. The van der Waals surface area contributed by atoms with Crippen LogP contribution in [0.25, 0.3) is 0 Å². The summed E-state index contributed by atoms with van der Waals surface area (Å²) >= 11 is 0. The molecular formula is C23H30N2O3. The number of hydrogen-bond acceptors (Lipinski definition) is 4. The summed E-state index contributed by atoms with van der Waals surface area (Å²) in [7, 11) is 3.96. The van der Waals surface area contributed by atoms with E-state index in [9.17, 15) is 9.59 Å². The van der Waals surface area contributed by atoms with E-state index < -0.39 is 0 Å². The van der Waals surface area contributed by atoms with E-state index >= 15 is 0 Å². The second-order valence-electron chi connectivity index (χ2n) is 7.07. The van der Waals surface area contributed by atoms with Gasteiger partial charge in [0.1, 0.15) is 5.75 Å². The van der Waals surface area contributed by atoms with Crippen LogP contribution < -0.4 is 10.1 Å². The molecule has 2 aromatic carbocycles. The molecule has 2 aromatic rings. The highest BCUT2D eigenvalue weighted by atomic mass is 16.5. The summed E-state index contributed by atoms with van der Waals surface area (Å²) < 4.78 is 5.48. The van der Waals surface area contributed by atoms with Crippen LogP contribution in [-0.4, -0.2) is 43.8 Å². The van der Waals surface area contributed by atoms with E-state index in [1.165, 1.54) is 0 Å². The average Bonchev–Trinajstić information content (AvgIpc) is 2.68. The fraction of sp³-hybridized carbons (Fsp3) is 0.391. The van der Waals surface area contributed by atoms with E-state index in [1.54, 1.807) is 0 Å². The lowest BCUT2D eigenvalue weighted by Crippen LogP contribution is -2.34. The number of nitrogens with zero attached hydrogens (tertiary/aromatic N) is 1. The maximum absolute atomic E-state index is 12.2. The molecule has 5 nitrogen and oxygen atoms in total. The first kappa shape index (κ1) is 21.6. The van der Waals surface area contributed by atoms with E-state index in [4.69, 9.17) is 4.74 Å². The molecule has 150 valence electrons. The van der Waals surface area contributed by atoms with Gasteiger partial charge in [-0.2, -0.15) is 0 Å². The van der Waals surface area contributed by atoms with Crippen molar-refractivity contribution in [3.63, 3.8) is 0 Å². The first-order valence-corrected chi connectivity index (χ1v) is 9.66. The van der Waals surface area contributed by atoms with Crippen molar-refractivity contribution in [2.45, 2.75) is 32.7 Å². The lowest BCUT2D eigenvalue weighted by molar-refractivity contribution is -0.121. The van der Waals surface area contributed by atoms with Gasteiger partial charge in [-0.1, -0.05) is 42.0 Å². The fourth-order valence-electron chi connectivity index (χ4n) is 2.96. The van der Waals surface area contributed by atoms with Crippen LogP contribution in [0.2, 0.25) is 0 Å². The molecule has 2 rings (SSSR count). The zero-order chi connectivity index (χ0) is 20.5. The number of nitrogens with one attached hydrogen (secondary N) is 1. The average molecular weight is 383 g/mol. The first-order chi connectivity index (χ1) is 13.4. The van der Waals surface area contributed by atoms with E-state index in [0.29, 0.717) is 18.7 Å². The SMILES string of the molecule is CCOc1ccc(C(CNC(=O)CCC(=O)c2ccc(C)cc2)N(C)C)cc1. The number of hydrogen-bond donors (Lipinski definition) is 1. The molecule has 0 radical (unpaired) electrons. The van der Waals surface area contributed by atoms with Gasteiger partial charge in [-0.3, -0.25) is 9.59 Å². The molecule has 0 heterocycles. The number of ketones is 1. The van der Waals surface area contributed by atoms with Gasteiger partial charge in [-0.15, -0.1) is 0 Å². The molecule has 0 saturated carbocycles. The van der Waals surface area contributed by atoms with Crippen molar-refractivity contribution in [3.05, 3.63) is 65.2 Å². The zero-order valence-corrected chi connectivity index (χ0v) is 17.2. The summed E-state index contributed by atoms with van der Waals surface area (Å²) in [6.45, 7) is 5.05. The van der Waals surface area contributed by atoms with Gasteiger partial charge in [-0.05, 0) is 45.6 Å². The van der Waals surface area contributed by atoms with E-state index in [2.05, 4.69) is 10.2 Å². The van der Waals surface area contributed by atoms with E-state index in [0.717, 1.165) is 16.9 Å². The summed E-state index contributed by atoms with van der Waals surface area (Å²) in [5, 5.41) is 2.95. The minimum absolute atomic E-state index is 0.00850. The highest BCUT2D eigenvalue weighted by Gasteiger charge is 2.16. The summed E-state index contributed by atoms with van der Waals surface area (Å²) in [6, 6.07) is 15.4. The van der Waals surface area contributed by atoms with Crippen molar-refractivity contribution in [2.75, 3.05) is 27.2 Å². The summed E-state index contributed by atoms with van der Waals surface area (Å²) in [5.41, 5.74) is 2.86. The molecule has 0 aromatic heterocycles. The lowest BCUT2D eigenvalue weighted by Gasteiger charge is -2.25. The Morgan fingerprint density at radius 1 is 1.00 bits per heavy atom. The molecule has 28 heavy (non-hydrogen) atoms. The molecule has 0 bridgehead atoms. The molecule has 1 atom stereocenters. The van der Waals surface area contributed by atoms with Crippen LogP contribution in [0.3, 0.4) is 0 Å². The Bertz CT molecular complexity index is 767. The molecule has 0 aliphatic heterocycles. The van der Waals surface area contributed by atoms with Gasteiger partial charge in [0.25, 0.3) is 0 Å². The lowest BCUT2D eigenvalue weighted by atomic mass is 10.0. The molecule has 1 amide bonds. The molecule has 1 N–H and O–H groups in total. The van der Waals surface area contributed by atoms with Crippen LogP contribution in [-0.2, 0) is 4.79 Å².